The molecule has 0 aliphatic heterocycles. The molecule has 0 bridgehead atoms. The van der Waals surface area contributed by atoms with Gasteiger partial charge >= 0.3 is 6.18 Å². The Balaban J connectivity index is 0.000000229. The van der Waals surface area contributed by atoms with E-state index in [4.69, 9.17) is 0 Å². The van der Waals surface area contributed by atoms with E-state index >= 15 is 0 Å². The first-order valence-corrected chi connectivity index (χ1v) is 10.6. The predicted octanol–water partition coefficient (Wildman–Crippen LogP) is 8.48. The standard InChI is InChI=1S/C16H19N.C11H14F3N/c1-16(2,3)17-15-11-9-14(10-12-15)13-7-5-4-6-8-13;1-10(2,3)15-9-6-4-8(5-7-9)11(12,13)14/h4-12,17H,1-3H3;4-7,15H,1-3H3. The third kappa shape index (κ3) is 9.04. The van der Waals surface area contributed by atoms with Gasteiger partial charge in [0.1, 0.15) is 0 Å². The Labute approximate surface area is 189 Å². The molecule has 0 saturated heterocycles. The molecule has 0 aliphatic carbocycles. The monoisotopic (exact) mass is 442 g/mol. The Hall–Kier alpha value is -2.95. The number of hydrogen-bond acceptors (Lipinski definition) is 2. The molecule has 0 spiro atoms. The van der Waals surface area contributed by atoms with Gasteiger partial charge in [-0.1, -0.05) is 42.5 Å². The van der Waals surface area contributed by atoms with Crippen molar-refractivity contribution in [2.24, 2.45) is 0 Å². The Bertz CT molecular complexity index is 948. The summed E-state index contributed by atoms with van der Waals surface area (Å²) in [4.78, 5) is 0. The second-order valence-corrected chi connectivity index (χ2v) is 9.77. The summed E-state index contributed by atoms with van der Waals surface area (Å²) in [6.07, 6.45) is -4.26. The second kappa shape index (κ2) is 10.1. The van der Waals surface area contributed by atoms with E-state index in [0.717, 1.165) is 17.8 Å². The number of nitrogens with one attached hydrogen (secondary N) is 2. The molecule has 3 aromatic rings. The SMILES string of the molecule is CC(C)(C)Nc1ccc(-c2ccccc2)cc1.CC(C)(C)Nc1ccc(C(F)(F)F)cc1. The smallest absolute Gasteiger partial charge is 0.380 e. The summed E-state index contributed by atoms with van der Waals surface area (Å²) in [6.45, 7) is 12.3. The van der Waals surface area contributed by atoms with Crippen LogP contribution in [0.1, 0.15) is 47.1 Å². The zero-order valence-corrected chi connectivity index (χ0v) is 19.6. The van der Waals surface area contributed by atoms with Crippen molar-refractivity contribution in [1.29, 1.82) is 0 Å². The quantitative estimate of drug-likeness (QED) is 0.425. The number of hydrogen-bond donors (Lipinski definition) is 2. The van der Waals surface area contributed by atoms with Crippen molar-refractivity contribution in [2.45, 2.75) is 58.8 Å². The molecule has 172 valence electrons. The highest BCUT2D eigenvalue weighted by molar-refractivity contribution is 5.66. The van der Waals surface area contributed by atoms with Crippen LogP contribution >= 0.6 is 0 Å². The van der Waals surface area contributed by atoms with Crippen LogP contribution in [0.3, 0.4) is 0 Å². The van der Waals surface area contributed by atoms with Crippen molar-refractivity contribution < 1.29 is 13.2 Å². The van der Waals surface area contributed by atoms with Crippen LogP contribution in [0.25, 0.3) is 11.1 Å². The average molecular weight is 443 g/mol. The first kappa shape index (κ1) is 25.3. The Morgan fingerprint density at radius 3 is 1.25 bits per heavy atom. The van der Waals surface area contributed by atoms with Crippen molar-refractivity contribution >= 4 is 11.4 Å². The summed E-state index contributed by atoms with van der Waals surface area (Å²) in [5, 5.41) is 6.55. The summed E-state index contributed by atoms with van der Waals surface area (Å²) in [6, 6.07) is 24.0. The minimum atomic E-state index is -4.26. The lowest BCUT2D eigenvalue weighted by molar-refractivity contribution is -0.137. The molecule has 0 fully saturated rings. The molecule has 0 aliphatic rings. The number of alkyl halides is 3. The number of halogens is 3. The van der Waals surface area contributed by atoms with E-state index in [1.54, 1.807) is 0 Å². The van der Waals surface area contributed by atoms with Gasteiger partial charge in [0.25, 0.3) is 0 Å². The van der Waals surface area contributed by atoms with Crippen LogP contribution in [0.15, 0.2) is 78.9 Å². The van der Waals surface area contributed by atoms with Gasteiger partial charge in [0, 0.05) is 22.5 Å². The molecular formula is C27H33F3N2. The third-order valence-corrected chi connectivity index (χ3v) is 4.24. The Kier molecular flexibility index (Phi) is 8.00. The fourth-order valence-corrected chi connectivity index (χ4v) is 2.99. The van der Waals surface area contributed by atoms with E-state index in [2.05, 4.69) is 79.9 Å². The molecule has 2 nitrogen and oxygen atoms in total. The molecule has 0 unspecified atom stereocenters. The topological polar surface area (TPSA) is 24.1 Å². The van der Waals surface area contributed by atoms with Gasteiger partial charge < -0.3 is 10.6 Å². The zero-order chi connectivity index (χ0) is 24.0. The van der Waals surface area contributed by atoms with E-state index in [0.29, 0.717) is 5.69 Å². The molecule has 0 atom stereocenters. The van der Waals surface area contributed by atoms with Gasteiger partial charge in [-0.25, -0.2) is 0 Å². The van der Waals surface area contributed by atoms with Crippen molar-refractivity contribution in [2.75, 3.05) is 10.6 Å². The molecule has 0 heterocycles. The van der Waals surface area contributed by atoms with E-state index < -0.39 is 11.7 Å². The fourth-order valence-electron chi connectivity index (χ4n) is 2.99. The van der Waals surface area contributed by atoms with Crippen molar-refractivity contribution in [1.82, 2.24) is 0 Å². The fraction of sp³-hybridized carbons (Fsp3) is 0.333. The number of anilines is 2. The lowest BCUT2D eigenvalue weighted by Crippen LogP contribution is -2.26. The van der Waals surface area contributed by atoms with Gasteiger partial charge in [0.05, 0.1) is 5.56 Å². The highest BCUT2D eigenvalue weighted by Gasteiger charge is 2.30. The molecule has 32 heavy (non-hydrogen) atoms. The van der Waals surface area contributed by atoms with E-state index in [1.807, 2.05) is 26.8 Å². The molecule has 3 rings (SSSR count). The molecule has 0 saturated carbocycles. The van der Waals surface area contributed by atoms with E-state index in [1.165, 1.54) is 23.3 Å². The van der Waals surface area contributed by atoms with Gasteiger partial charge in [0.15, 0.2) is 0 Å². The summed E-state index contributed by atoms with van der Waals surface area (Å²) in [5.41, 5.74) is 3.70. The van der Waals surface area contributed by atoms with Crippen LogP contribution in [0, 0.1) is 0 Å². The van der Waals surface area contributed by atoms with Crippen LogP contribution in [0.5, 0.6) is 0 Å². The molecule has 0 aromatic heterocycles. The maximum atomic E-state index is 12.2. The minimum absolute atomic E-state index is 0.105. The molecule has 0 radical (unpaired) electrons. The average Bonchev–Trinajstić information content (AvgIpc) is 2.67. The molecule has 3 aromatic carbocycles. The summed E-state index contributed by atoms with van der Waals surface area (Å²) >= 11 is 0. The molecule has 2 N–H and O–H groups in total. The van der Waals surface area contributed by atoms with Crippen LogP contribution in [0.4, 0.5) is 24.5 Å². The first-order chi connectivity index (χ1) is 14.7. The lowest BCUT2D eigenvalue weighted by atomic mass is 10.0. The maximum Gasteiger partial charge on any atom is 0.416 e. The van der Waals surface area contributed by atoms with Gasteiger partial charge in [0.2, 0.25) is 0 Å². The van der Waals surface area contributed by atoms with Crippen LogP contribution in [0.2, 0.25) is 0 Å². The first-order valence-electron chi connectivity index (χ1n) is 10.6. The summed E-state index contributed by atoms with van der Waals surface area (Å²) in [5.74, 6) is 0. The number of benzene rings is 3. The van der Waals surface area contributed by atoms with E-state index in [-0.39, 0.29) is 11.1 Å². The van der Waals surface area contributed by atoms with Gasteiger partial charge in [-0.05, 0) is 89.1 Å². The minimum Gasteiger partial charge on any atom is -0.380 e. The van der Waals surface area contributed by atoms with Gasteiger partial charge in [-0.2, -0.15) is 13.2 Å². The third-order valence-electron chi connectivity index (χ3n) is 4.24. The molecule has 5 heteroatoms. The number of rotatable bonds is 3. The largest absolute Gasteiger partial charge is 0.416 e. The second-order valence-electron chi connectivity index (χ2n) is 9.77. The zero-order valence-electron chi connectivity index (χ0n) is 19.6. The van der Waals surface area contributed by atoms with Crippen LogP contribution < -0.4 is 10.6 Å². The normalized spacial score (nSPS) is 11.9. The van der Waals surface area contributed by atoms with Gasteiger partial charge in [-0.3, -0.25) is 0 Å². The van der Waals surface area contributed by atoms with Crippen LogP contribution in [-0.2, 0) is 6.18 Å². The highest BCUT2D eigenvalue weighted by Crippen LogP contribution is 2.30. The molecule has 0 amide bonds. The van der Waals surface area contributed by atoms with Crippen molar-refractivity contribution in [3.63, 3.8) is 0 Å². The highest BCUT2D eigenvalue weighted by atomic mass is 19.4. The maximum absolute atomic E-state index is 12.2. The Morgan fingerprint density at radius 1 is 0.500 bits per heavy atom. The summed E-state index contributed by atoms with van der Waals surface area (Å²) in [7, 11) is 0. The van der Waals surface area contributed by atoms with Crippen molar-refractivity contribution in [3.05, 3.63) is 84.4 Å². The van der Waals surface area contributed by atoms with Crippen LogP contribution in [-0.4, -0.2) is 11.1 Å². The van der Waals surface area contributed by atoms with Gasteiger partial charge in [-0.15, -0.1) is 0 Å². The van der Waals surface area contributed by atoms with E-state index in [9.17, 15) is 13.2 Å². The predicted molar refractivity (Wildman–Crippen MR) is 130 cm³/mol. The summed E-state index contributed by atoms with van der Waals surface area (Å²) < 4.78 is 36.7. The van der Waals surface area contributed by atoms with Crippen molar-refractivity contribution in [3.8, 4) is 11.1 Å². The Morgan fingerprint density at radius 2 is 0.875 bits per heavy atom. The molecular weight excluding hydrogens is 409 g/mol. The lowest BCUT2D eigenvalue weighted by Gasteiger charge is -2.22.